The van der Waals surface area contributed by atoms with E-state index in [4.69, 9.17) is 0 Å². The molecule has 10 heteroatoms. The molecule has 7 rings (SSSR count). The molecule has 0 bridgehead atoms. The summed E-state index contributed by atoms with van der Waals surface area (Å²) in [4.78, 5) is 0. The van der Waals surface area contributed by atoms with Gasteiger partial charge in [0.05, 0.1) is 122 Å². The third-order valence-corrected chi connectivity index (χ3v) is 17.7. The van der Waals surface area contributed by atoms with Crippen molar-refractivity contribution in [2.24, 2.45) is 0 Å². The average Bonchev–Trinajstić information content (AvgIpc) is 3.79. The number of nitrogens with zero attached hydrogens (tertiary/aromatic N) is 4. The van der Waals surface area contributed by atoms with Crippen LogP contribution in [0.25, 0.3) is 44.5 Å². The lowest BCUT2D eigenvalue weighted by Crippen LogP contribution is -2.35. The minimum absolute atomic E-state index is 0.169. The van der Waals surface area contributed by atoms with Crippen molar-refractivity contribution in [2.75, 3.05) is 111 Å². The molecular weight excluding hydrogens is 1010 g/mol. The van der Waals surface area contributed by atoms with Crippen molar-refractivity contribution in [3.8, 4) is 44.5 Å². The Morgan fingerprint density at radius 1 is 0.287 bits per heavy atom. The molecule has 4 nitrogen and oxygen atoms in total. The lowest BCUT2D eigenvalue weighted by atomic mass is 9.70. The van der Waals surface area contributed by atoms with Gasteiger partial charge in [0.25, 0.3) is 0 Å². The average molecular weight is 1110 g/mol. The fraction of sp³-hybridized carbons (Fsp3) is 0.571. The van der Waals surface area contributed by atoms with Crippen LogP contribution in [0.5, 0.6) is 0 Å². The van der Waals surface area contributed by atoms with Gasteiger partial charge < -0.3 is 17.9 Å². The summed E-state index contributed by atoms with van der Waals surface area (Å²) >= 11 is 0. The standard InChI is InChI=1S/C70H100F6N4/c1-77(2,3)45-29-17-13-25-41-67(42-26-14-18-30-46-78(4,5)6)61-35-23-21-33-55(61)57-39-37-53(49-63(57)67)59-51-66(70(74,75)76)60(52-65(59)69(71,72)73)54-38-40-58-56-34-22-24-36-62(56)68(64(58)50-54,43-27-15-19-31-47-79(7,8)9)44-28-16-20-32-48-80(10,11)12/h21-24,33-40,49-52H,13-20,25-32,41-48H2,1-12H3/q+4. The Labute approximate surface area is 479 Å². The van der Waals surface area contributed by atoms with Crippen LogP contribution in [0.2, 0.25) is 0 Å². The van der Waals surface area contributed by atoms with E-state index in [1.807, 2.05) is 36.4 Å². The summed E-state index contributed by atoms with van der Waals surface area (Å²) in [6.07, 6.45) is 10.0. The van der Waals surface area contributed by atoms with E-state index in [9.17, 15) is 0 Å². The highest BCUT2D eigenvalue weighted by molar-refractivity contribution is 5.88. The molecule has 0 unspecified atom stereocenters. The minimum Gasteiger partial charge on any atom is -0.331 e. The Morgan fingerprint density at radius 2 is 0.550 bits per heavy atom. The van der Waals surface area contributed by atoms with Crippen molar-refractivity contribution in [3.63, 3.8) is 0 Å². The van der Waals surface area contributed by atoms with Gasteiger partial charge in [-0.05, 0) is 168 Å². The molecule has 0 heterocycles. The number of unbranched alkanes of at least 4 members (excludes halogenated alkanes) is 12. The first-order valence-corrected chi connectivity index (χ1v) is 30.5. The summed E-state index contributed by atoms with van der Waals surface area (Å²) in [5, 5.41) is 0. The van der Waals surface area contributed by atoms with E-state index >= 15 is 26.3 Å². The summed E-state index contributed by atoms with van der Waals surface area (Å²) in [6, 6.07) is 29.1. The second-order valence-electron chi connectivity index (χ2n) is 28.4. The maximum absolute atomic E-state index is 16.0. The Balaban J connectivity index is 1.32. The van der Waals surface area contributed by atoms with Gasteiger partial charge in [-0.25, -0.2) is 0 Å². The zero-order chi connectivity index (χ0) is 58.4. The monoisotopic (exact) mass is 1110 g/mol. The van der Waals surface area contributed by atoms with E-state index in [2.05, 4.69) is 121 Å². The second kappa shape index (κ2) is 25.6. The van der Waals surface area contributed by atoms with Crippen LogP contribution in [-0.2, 0) is 23.2 Å². The van der Waals surface area contributed by atoms with Gasteiger partial charge in [0.2, 0.25) is 0 Å². The van der Waals surface area contributed by atoms with E-state index in [1.165, 1.54) is 11.1 Å². The van der Waals surface area contributed by atoms with Gasteiger partial charge in [0.15, 0.2) is 0 Å². The highest BCUT2D eigenvalue weighted by atomic mass is 19.4. The van der Waals surface area contributed by atoms with Crippen molar-refractivity contribution in [3.05, 3.63) is 130 Å². The molecule has 0 fully saturated rings. The lowest BCUT2D eigenvalue weighted by Gasteiger charge is -2.33. The number of rotatable bonds is 30. The molecule has 5 aromatic rings. The van der Waals surface area contributed by atoms with Gasteiger partial charge >= 0.3 is 12.4 Å². The van der Waals surface area contributed by atoms with Crippen LogP contribution < -0.4 is 0 Å². The lowest BCUT2D eigenvalue weighted by molar-refractivity contribution is -0.870. The number of hydrogen-bond acceptors (Lipinski definition) is 0. The van der Waals surface area contributed by atoms with Crippen LogP contribution in [0.15, 0.2) is 97.1 Å². The fourth-order valence-electron chi connectivity index (χ4n) is 13.6. The largest absolute Gasteiger partial charge is 0.417 e. The van der Waals surface area contributed by atoms with Crippen molar-refractivity contribution in [2.45, 2.75) is 152 Å². The molecule has 0 saturated carbocycles. The van der Waals surface area contributed by atoms with Gasteiger partial charge in [0, 0.05) is 10.8 Å². The normalized spacial score (nSPS) is 15.0. The number of hydrogen-bond donors (Lipinski definition) is 0. The first-order valence-electron chi connectivity index (χ1n) is 30.5. The number of alkyl halides is 6. The van der Waals surface area contributed by atoms with E-state index in [1.54, 1.807) is 12.1 Å². The Morgan fingerprint density at radius 3 is 0.825 bits per heavy atom. The van der Waals surface area contributed by atoms with E-state index in [0.717, 1.165) is 218 Å². The van der Waals surface area contributed by atoms with Gasteiger partial charge in [-0.15, -0.1) is 0 Å². The van der Waals surface area contributed by atoms with Crippen LogP contribution >= 0.6 is 0 Å². The zero-order valence-corrected chi connectivity index (χ0v) is 51.3. The molecule has 5 aromatic carbocycles. The predicted octanol–water partition coefficient (Wildman–Crippen LogP) is 18.2. The Kier molecular flexibility index (Phi) is 20.2. The molecule has 0 N–H and O–H groups in total. The summed E-state index contributed by atoms with van der Waals surface area (Å²) in [6.45, 7) is 4.30. The van der Waals surface area contributed by atoms with Crippen molar-refractivity contribution >= 4 is 0 Å². The fourth-order valence-corrected chi connectivity index (χ4v) is 13.6. The summed E-state index contributed by atoms with van der Waals surface area (Å²) in [7, 11) is 26.5. The van der Waals surface area contributed by atoms with Gasteiger partial charge in [-0.3, -0.25) is 0 Å². The molecule has 0 aromatic heterocycles. The molecule has 0 radical (unpaired) electrons. The Hall–Kier alpha value is -4.48. The van der Waals surface area contributed by atoms with Gasteiger partial charge in [-0.1, -0.05) is 124 Å². The molecule has 2 aliphatic carbocycles. The van der Waals surface area contributed by atoms with Crippen molar-refractivity contribution < 1.29 is 44.3 Å². The number of fused-ring (bicyclic) bond motifs is 6. The Bertz CT molecular complexity index is 2590. The molecule has 438 valence electrons. The van der Waals surface area contributed by atoms with E-state index < -0.39 is 45.4 Å². The van der Waals surface area contributed by atoms with E-state index in [-0.39, 0.29) is 11.1 Å². The van der Waals surface area contributed by atoms with Gasteiger partial charge in [0.1, 0.15) is 0 Å². The molecule has 0 saturated heterocycles. The predicted molar refractivity (Wildman–Crippen MR) is 324 cm³/mol. The molecule has 0 amide bonds. The van der Waals surface area contributed by atoms with Crippen LogP contribution in [0.1, 0.15) is 162 Å². The maximum atomic E-state index is 16.0. The first kappa shape index (κ1) is 63.1. The number of halogens is 6. The summed E-state index contributed by atoms with van der Waals surface area (Å²) in [5.74, 6) is 0. The first-order chi connectivity index (χ1) is 37.4. The molecule has 0 spiro atoms. The molecule has 0 atom stereocenters. The SMILES string of the molecule is C[N+](C)(C)CCCCCCC1(CCCCCC[N+](C)(C)C)c2ccccc2-c2ccc(-c3cc(C(F)(F)F)c(-c4ccc5c(c4)C(CCCCCC[N+](C)(C)C)(CCCCCC[N+](C)(C)C)c4ccccc4-5)cc3C(F)(F)F)cc21. The van der Waals surface area contributed by atoms with Crippen molar-refractivity contribution in [1.82, 2.24) is 0 Å². The van der Waals surface area contributed by atoms with Crippen LogP contribution in [0, 0.1) is 0 Å². The molecule has 0 aliphatic heterocycles. The van der Waals surface area contributed by atoms with Crippen LogP contribution in [0.4, 0.5) is 26.3 Å². The van der Waals surface area contributed by atoms with Crippen LogP contribution in [-0.4, -0.2) is 129 Å². The zero-order valence-electron chi connectivity index (χ0n) is 51.3. The second-order valence-corrected chi connectivity index (χ2v) is 28.4. The van der Waals surface area contributed by atoms with Crippen LogP contribution in [0.3, 0.4) is 0 Å². The smallest absolute Gasteiger partial charge is 0.331 e. The summed E-state index contributed by atoms with van der Waals surface area (Å²) in [5.41, 5.74) is 4.73. The number of benzene rings is 5. The maximum Gasteiger partial charge on any atom is 0.417 e. The highest BCUT2D eigenvalue weighted by Crippen LogP contribution is 2.58. The minimum atomic E-state index is -4.95. The molecule has 2 aliphatic rings. The number of quaternary nitrogens is 4. The quantitative estimate of drug-likeness (QED) is 0.0244. The van der Waals surface area contributed by atoms with Gasteiger partial charge in [-0.2, -0.15) is 26.3 Å². The molecular formula is C70H100F6N4+4. The third kappa shape index (κ3) is 16.0. The van der Waals surface area contributed by atoms with Crippen molar-refractivity contribution in [1.29, 1.82) is 0 Å². The highest BCUT2D eigenvalue weighted by Gasteiger charge is 2.46. The topological polar surface area (TPSA) is 0 Å². The van der Waals surface area contributed by atoms with E-state index in [0.29, 0.717) is 0 Å². The summed E-state index contributed by atoms with van der Waals surface area (Å²) < 4.78 is 99.6. The third-order valence-electron chi connectivity index (χ3n) is 17.7. The molecule has 80 heavy (non-hydrogen) atoms.